The van der Waals surface area contributed by atoms with Gasteiger partial charge in [0.2, 0.25) is 0 Å². The summed E-state index contributed by atoms with van der Waals surface area (Å²) in [5, 5.41) is 3.38. The van der Waals surface area contributed by atoms with Crippen LogP contribution in [-0.4, -0.2) is 30.2 Å². The van der Waals surface area contributed by atoms with Gasteiger partial charge in [-0.25, -0.2) is 4.98 Å². The number of aromatic nitrogens is 2. The summed E-state index contributed by atoms with van der Waals surface area (Å²) in [6.45, 7) is 4.19. The zero-order chi connectivity index (χ0) is 13.2. The van der Waals surface area contributed by atoms with E-state index in [-0.39, 0.29) is 0 Å². The largest absolute Gasteiger partial charge is 0.497 e. The summed E-state index contributed by atoms with van der Waals surface area (Å²) >= 11 is 0. The van der Waals surface area contributed by atoms with E-state index in [9.17, 15) is 0 Å². The molecule has 2 N–H and O–H groups in total. The van der Waals surface area contributed by atoms with Gasteiger partial charge < -0.3 is 15.0 Å². The number of hydrogen-bond donors (Lipinski definition) is 2. The van der Waals surface area contributed by atoms with E-state index in [0.717, 1.165) is 48.0 Å². The smallest absolute Gasteiger partial charge is 0.118 e. The van der Waals surface area contributed by atoms with Crippen molar-refractivity contribution < 1.29 is 4.74 Å². The summed E-state index contributed by atoms with van der Waals surface area (Å²) in [6.07, 6.45) is 1.16. The lowest BCUT2D eigenvalue weighted by atomic mass is 10.1. The first kappa shape index (κ1) is 12.2. The van der Waals surface area contributed by atoms with Crippen LogP contribution in [0.5, 0.6) is 5.75 Å². The predicted molar refractivity (Wildman–Crippen MR) is 75.5 cm³/mol. The highest BCUT2D eigenvalue weighted by molar-refractivity contribution is 5.62. The monoisotopic (exact) mass is 257 g/mol. The molecule has 0 amide bonds. The van der Waals surface area contributed by atoms with Crippen molar-refractivity contribution in [1.29, 1.82) is 0 Å². The first-order valence-corrected chi connectivity index (χ1v) is 6.69. The third-order valence-electron chi connectivity index (χ3n) is 3.71. The number of nitrogens with one attached hydrogen (secondary N) is 2. The normalized spacial score (nSPS) is 18.7. The molecule has 0 aliphatic carbocycles. The molecular formula is C15H19N3O. The number of aromatic amines is 1. The van der Waals surface area contributed by atoms with E-state index in [4.69, 9.17) is 9.72 Å². The average molecular weight is 257 g/mol. The van der Waals surface area contributed by atoms with Crippen LogP contribution in [0, 0.1) is 6.92 Å². The SMILES string of the molecule is COc1ccc(-c2nc(C3CCNC3)[nH]c2C)cc1. The molecule has 1 atom stereocenters. The number of ether oxygens (including phenoxy) is 1. The number of hydrogen-bond acceptors (Lipinski definition) is 3. The molecule has 1 aliphatic heterocycles. The highest BCUT2D eigenvalue weighted by Crippen LogP contribution is 2.27. The van der Waals surface area contributed by atoms with Gasteiger partial charge in [-0.2, -0.15) is 0 Å². The van der Waals surface area contributed by atoms with E-state index in [1.54, 1.807) is 7.11 Å². The molecule has 1 aliphatic rings. The Morgan fingerprint density at radius 3 is 2.68 bits per heavy atom. The van der Waals surface area contributed by atoms with Crippen LogP contribution in [0.1, 0.15) is 23.9 Å². The maximum atomic E-state index is 5.19. The van der Waals surface area contributed by atoms with Crippen LogP contribution >= 0.6 is 0 Å². The standard InChI is InChI=1S/C15H19N3O/c1-10-14(11-3-5-13(19-2)6-4-11)18-15(17-10)12-7-8-16-9-12/h3-6,12,16H,7-9H2,1-2H3,(H,17,18). The minimum Gasteiger partial charge on any atom is -0.497 e. The molecule has 1 fully saturated rings. The highest BCUT2D eigenvalue weighted by atomic mass is 16.5. The number of rotatable bonds is 3. The van der Waals surface area contributed by atoms with Crippen molar-refractivity contribution >= 4 is 0 Å². The van der Waals surface area contributed by atoms with Crippen LogP contribution in [0.25, 0.3) is 11.3 Å². The molecule has 1 aromatic heterocycles. The highest BCUT2D eigenvalue weighted by Gasteiger charge is 2.21. The second-order valence-corrected chi connectivity index (χ2v) is 5.01. The molecule has 1 aromatic carbocycles. The third-order valence-corrected chi connectivity index (χ3v) is 3.71. The maximum absolute atomic E-state index is 5.19. The number of nitrogens with zero attached hydrogens (tertiary/aromatic N) is 1. The van der Waals surface area contributed by atoms with Crippen molar-refractivity contribution in [2.24, 2.45) is 0 Å². The molecular weight excluding hydrogens is 238 g/mol. The van der Waals surface area contributed by atoms with Crippen LogP contribution in [0.4, 0.5) is 0 Å². The van der Waals surface area contributed by atoms with Crippen molar-refractivity contribution in [3.63, 3.8) is 0 Å². The Morgan fingerprint density at radius 1 is 1.26 bits per heavy atom. The lowest BCUT2D eigenvalue weighted by Gasteiger charge is -2.03. The van der Waals surface area contributed by atoms with Gasteiger partial charge in [-0.3, -0.25) is 0 Å². The van der Waals surface area contributed by atoms with Crippen LogP contribution in [0.15, 0.2) is 24.3 Å². The predicted octanol–water partition coefficient (Wildman–Crippen LogP) is 2.47. The van der Waals surface area contributed by atoms with E-state index in [1.807, 2.05) is 12.1 Å². The van der Waals surface area contributed by atoms with Gasteiger partial charge >= 0.3 is 0 Å². The van der Waals surface area contributed by atoms with Crippen LogP contribution in [-0.2, 0) is 0 Å². The molecule has 100 valence electrons. The summed E-state index contributed by atoms with van der Waals surface area (Å²) in [5.74, 6) is 2.50. The second kappa shape index (κ2) is 5.05. The molecule has 1 saturated heterocycles. The molecule has 0 saturated carbocycles. The molecule has 4 heteroatoms. The fraction of sp³-hybridized carbons (Fsp3) is 0.400. The summed E-state index contributed by atoms with van der Waals surface area (Å²) in [7, 11) is 1.68. The average Bonchev–Trinajstić information content (AvgIpc) is 3.08. The molecule has 2 aromatic rings. The minimum atomic E-state index is 0.519. The van der Waals surface area contributed by atoms with E-state index >= 15 is 0 Å². The topological polar surface area (TPSA) is 49.9 Å². The molecule has 0 spiro atoms. The zero-order valence-electron chi connectivity index (χ0n) is 11.4. The Labute approximate surface area is 113 Å². The lowest BCUT2D eigenvalue weighted by molar-refractivity contribution is 0.415. The molecule has 3 rings (SSSR count). The number of methoxy groups -OCH3 is 1. The summed E-state index contributed by atoms with van der Waals surface area (Å²) in [5.41, 5.74) is 3.31. The third kappa shape index (κ3) is 2.36. The van der Waals surface area contributed by atoms with E-state index in [2.05, 4.69) is 29.4 Å². The zero-order valence-corrected chi connectivity index (χ0v) is 11.4. The molecule has 19 heavy (non-hydrogen) atoms. The molecule has 1 unspecified atom stereocenters. The van der Waals surface area contributed by atoms with Crippen molar-refractivity contribution in [3.8, 4) is 17.0 Å². The summed E-state index contributed by atoms with van der Waals surface area (Å²) < 4.78 is 5.19. The molecule has 0 bridgehead atoms. The Morgan fingerprint density at radius 2 is 2.05 bits per heavy atom. The van der Waals surface area contributed by atoms with Crippen LogP contribution in [0.2, 0.25) is 0 Å². The second-order valence-electron chi connectivity index (χ2n) is 5.01. The van der Waals surface area contributed by atoms with E-state index < -0.39 is 0 Å². The van der Waals surface area contributed by atoms with Gasteiger partial charge in [0.15, 0.2) is 0 Å². The first-order valence-electron chi connectivity index (χ1n) is 6.69. The Kier molecular flexibility index (Phi) is 3.25. The molecule has 0 radical (unpaired) electrons. The summed E-state index contributed by atoms with van der Waals surface area (Å²) in [6, 6.07) is 8.05. The summed E-state index contributed by atoms with van der Waals surface area (Å²) in [4.78, 5) is 8.21. The van der Waals surface area contributed by atoms with Crippen LogP contribution < -0.4 is 10.1 Å². The number of benzene rings is 1. The van der Waals surface area contributed by atoms with Gasteiger partial charge in [0.25, 0.3) is 0 Å². The molecule has 4 nitrogen and oxygen atoms in total. The van der Waals surface area contributed by atoms with Gasteiger partial charge in [0.1, 0.15) is 11.6 Å². The first-order chi connectivity index (χ1) is 9.28. The van der Waals surface area contributed by atoms with Gasteiger partial charge in [-0.05, 0) is 44.2 Å². The van der Waals surface area contributed by atoms with Crippen LogP contribution in [0.3, 0.4) is 0 Å². The fourth-order valence-corrected chi connectivity index (χ4v) is 2.59. The van der Waals surface area contributed by atoms with Crippen molar-refractivity contribution in [2.75, 3.05) is 20.2 Å². The number of aryl methyl sites for hydroxylation is 1. The van der Waals surface area contributed by atoms with Crippen molar-refractivity contribution in [2.45, 2.75) is 19.3 Å². The Hall–Kier alpha value is -1.81. The Bertz CT molecular complexity index is 553. The van der Waals surface area contributed by atoms with Crippen molar-refractivity contribution in [3.05, 3.63) is 35.8 Å². The van der Waals surface area contributed by atoms with Crippen molar-refractivity contribution in [1.82, 2.24) is 15.3 Å². The number of imidazole rings is 1. The lowest BCUT2D eigenvalue weighted by Crippen LogP contribution is -2.08. The van der Waals surface area contributed by atoms with E-state index in [0.29, 0.717) is 5.92 Å². The van der Waals surface area contributed by atoms with Gasteiger partial charge in [-0.15, -0.1) is 0 Å². The maximum Gasteiger partial charge on any atom is 0.118 e. The van der Waals surface area contributed by atoms with E-state index in [1.165, 1.54) is 0 Å². The Balaban J connectivity index is 1.90. The van der Waals surface area contributed by atoms with Gasteiger partial charge in [0.05, 0.1) is 12.8 Å². The minimum absolute atomic E-state index is 0.519. The number of H-pyrrole nitrogens is 1. The van der Waals surface area contributed by atoms with Gasteiger partial charge in [-0.1, -0.05) is 0 Å². The fourth-order valence-electron chi connectivity index (χ4n) is 2.59. The van der Waals surface area contributed by atoms with Gasteiger partial charge in [0, 0.05) is 23.7 Å². The quantitative estimate of drug-likeness (QED) is 0.888. The molecule has 2 heterocycles.